The van der Waals surface area contributed by atoms with Crippen LogP contribution >= 0.6 is 0 Å². The molecule has 2 unspecified atom stereocenters. The number of ether oxygens (including phenoxy) is 1. The van der Waals surface area contributed by atoms with E-state index in [1.54, 1.807) is 16.9 Å². The van der Waals surface area contributed by atoms with E-state index in [1.807, 2.05) is 44.4 Å². The average Bonchev–Trinajstić information content (AvgIpc) is 3.28. The van der Waals surface area contributed by atoms with Crippen LogP contribution in [0, 0.1) is 0 Å². The van der Waals surface area contributed by atoms with Crippen molar-refractivity contribution in [3.8, 4) is 11.1 Å². The summed E-state index contributed by atoms with van der Waals surface area (Å²) < 4.78 is 7.52. The Morgan fingerprint density at radius 3 is 2.85 bits per heavy atom. The minimum Gasteiger partial charge on any atom is -0.375 e. The van der Waals surface area contributed by atoms with Crippen molar-refractivity contribution >= 4 is 11.7 Å². The highest BCUT2D eigenvalue weighted by Gasteiger charge is 2.32. The molecule has 8 nitrogen and oxygen atoms in total. The molecule has 4 rings (SSSR count). The van der Waals surface area contributed by atoms with E-state index in [-0.39, 0.29) is 18.1 Å². The molecule has 1 aliphatic rings. The van der Waals surface area contributed by atoms with Gasteiger partial charge in [0.2, 0.25) is 0 Å². The Hall–Kier alpha value is -2.84. The van der Waals surface area contributed by atoms with Gasteiger partial charge in [-0.25, -0.2) is 4.98 Å². The Bertz CT molecular complexity index is 939. The Labute approximate surface area is 157 Å². The number of hydrogen-bond acceptors (Lipinski definition) is 6. The number of carbonyl (C=O) groups excluding carboxylic acids is 1. The van der Waals surface area contributed by atoms with Gasteiger partial charge in [0.1, 0.15) is 6.33 Å². The molecule has 1 N–H and O–H groups in total. The van der Waals surface area contributed by atoms with E-state index in [4.69, 9.17) is 4.74 Å². The third kappa shape index (κ3) is 3.67. The minimum absolute atomic E-state index is 0.00229. The summed E-state index contributed by atoms with van der Waals surface area (Å²) in [5.74, 6) is 0.471. The molecule has 0 saturated carbocycles. The third-order valence-electron chi connectivity index (χ3n) is 4.78. The van der Waals surface area contributed by atoms with E-state index in [0.717, 1.165) is 24.2 Å². The number of aromatic nitrogens is 4. The first-order valence-corrected chi connectivity index (χ1v) is 9.01. The zero-order valence-electron chi connectivity index (χ0n) is 15.4. The van der Waals surface area contributed by atoms with Crippen LogP contribution in [-0.4, -0.2) is 69.3 Å². The Morgan fingerprint density at radius 1 is 1.26 bits per heavy atom. The maximum absolute atomic E-state index is 12.6. The second-order valence-electron chi connectivity index (χ2n) is 6.75. The lowest BCUT2D eigenvalue weighted by molar-refractivity contribution is 0.0513. The standard InChI is InChI=1S/C19H22N6O2/c1-3-27-17-11-24(2)10-16(17)22-18(26)14-6-4-13(5-7-14)15-8-20-19-23-21-12-25(19)9-15/h4-9,12,16-17H,3,10-11H2,1-2H3,(H,22,26). The monoisotopic (exact) mass is 366 g/mol. The molecular weight excluding hydrogens is 344 g/mol. The number of rotatable bonds is 5. The predicted octanol–water partition coefficient (Wildman–Crippen LogP) is 1.24. The van der Waals surface area contributed by atoms with E-state index in [1.165, 1.54) is 0 Å². The van der Waals surface area contributed by atoms with Gasteiger partial charge in [0.05, 0.1) is 12.1 Å². The first kappa shape index (κ1) is 17.6. The van der Waals surface area contributed by atoms with Gasteiger partial charge in [0, 0.05) is 43.2 Å². The van der Waals surface area contributed by atoms with Gasteiger partial charge in [-0.15, -0.1) is 10.2 Å². The first-order valence-electron chi connectivity index (χ1n) is 9.01. The van der Waals surface area contributed by atoms with Gasteiger partial charge in [0.15, 0.2) is 0 Å². The molecule has 2 atom stereocenters. The van der Waals surface area contributed by atoms with Crippen molar-refractivity contribution in [2.75, 3.05) is 26.7 Å². The van der Waals surface area contributed by atoms with Crippen molar-refractivity contribution in [2.24, 2.45) is 0 Å². The topological polar surface area (TPSA) is 84.6 Å². The summed E-state index contributed by atoms with van der Waals surface area (Å²) >= 11 is 0. The molecule has 3 aromatic rings. The molecule has 0 aliphatic carbocycles. The van der Waals surface area contributed by atoms with Crippen LogP contribution in [0.5, 0.6) is 0 Å². The van der Waals surface area contributed by atoms with Gasteiger partial charge < -0.3 is 15.0 Å². The lowest BCUT2D eigenvalue weighted by Gasteiger charge is -2.19. The van der Waals surface area contributed by atoms with Crippen LogP contribution in [0.1, 0.15) is 17.3 Å². The molecule has 1 amide bonds. The normalized spacial score (nSPS) is 20.2. The quantitative estimate of drug-likeness (QED) is 0.731. The summed E-state index contributed by atoms with van der Waals surface area (Å²) in [6.45, 7) is 4.24. The zero-order valence-corrected chi connectivity index (χ0v) is 15.4. The maximum Gasteiger partial charge on any atom is 0.254 e. The van der Waals surface area contributed by atoms with Gasteiger partial charge in [-0.2, -0.15) is 0 Å². The summed E-state index contributed by atoms with van der Waals surface area (Å²) in [5.41, 5.74) is 2.53. The fourth-order valence-electron chi connectivity index (χ4n) is 3.43. The van der Waals surface area contributed by atoms with Crippen LogP contribution in [0.3, 0.4) is 0 Å². The van der Waals surface area contributed by atoms with Crippen molar-refractivity contribution in [2.45, 2.75) is 19.1 Å². The molecule has 3 heterocycles. The summed E-state index contributed by atoms with van der Waals surface area (Å²) in [7, 11) is 2.04. The van der Waals surface area contributed by atoms with Crippen molar-refractivity contribution < 1.29 is 9.53 Å². The maximum atomic E-state index is 12.6. The zero-order chi connectivity index (χ0) is 18.8. The second-order valence-corrected chi connectivity index (χ2v) is 6.75. The fraction of sp³-hybridized carbons (Fsp3) is 0.368. The molecule has 0 spiro atoms. The van der Waals surface area contributed by atoms with Gasteiger partial charge >= 0.3 is 0 Å². The van der Waals surface area contributed by atoms with E-state index >= 15 is 0 Å². The van der Waals surface area contributed by atoms with E-state index in [0.29, 0.717) is 17.9 Å². The number of carbonyl (C=O) groups is 1. The molecule has 1 aromatic carbocycles. The molecule has 8 heteroatoms. The highest BCUT2D eigenvalue weighted by molar-refractivity contribution is 5.95. The number of hydrogen-bond donors (Lipinski definition) is 1. The second kappa shape index (κ2) is 7.42. The van der Waals surface area contributed by atoms with Crippen LogP contribution in [0.15, 0.2) is 43.0 Å². The molecule has 1 saturated heterocycles. The molecule has 0 bridgehead atoms. The van der Waals surface area contributed by atoms with Gasteiger partial charge in [-0.1, -0.05) is 12.1 Å². The Balaban J connectivity index is 1.47. The van der Waals surface area contributed by atoms with Crippen molar-refractivity contribution in [1.82, 2.24) is 29.8 Å². The highest BCUT2D eigenvalue weighted by Crippen LogP contribution is 2.19. The third-order valence-corrected chi connectivity index (χ3v) is 4.78. The smallest absolute Gasteiger partial charge is 0.254 e. The predicted molar refractivity (Wildman–Crippen MR) is 100 cm³/mol. The number of benzene rings is 1. The minimum atomic E-state index is -0.0843. The molecule has 2 aromatic heterocycles. The molecule has 1 aliphatic heterocycles. The van der Waals surface area contributed by atoms with Crippen LogP contribution in [-0.2, 0) is 4.74 Å². The van der Waals surface area contributed by atoms with E-state index in [9.17, 15) is 4.79 Å². The van der Waals surface area contributed by atoms with Crippen molar-refractivity contribution in [1.29, 1.82) is 0 Å². The van der Waals surface area contributed by atoms with Crippen molar-refractivity contribution in [3.63, 3.8) is 0 Å². The van der Waals surface area contributed by atoms with Gasteiger partial charge in [0.25, 0.3) is 11.7 Å². The molecule has 1 fully saturated rings. The lowest BCUT2D eigenvalue weighted by atomic mass is 10.1. The van der Waals surface area contributed by atoms with Crippen LogP contribution in [0.2, 0.25) is 0 Å². The number of fused-ring (bicyclic) bond motifs is 1. The fourth-order valence-corrected chi connectivity index (χ4v) is 3.43. The van der Waals surface area contributed by atoms with Crippen LogP contribution in [0.4, 0.5) is 0 Å². The van der Waals surface area contributed by atoms with Crippen LogP contribution < -0.4 is 5.32 Å². The van der Waals surface area contributed by atoms with E-state index < -0.39 is 0 Å². The largest absolute Gasteiger partial charge is 0.375 e. The summed E-state index contributed by atoms with van der Waals surface area (Å²) in [6.07, 6.45) is 5.31. The highest BCUT2D eigenvalue weighted by atomic mass is 16.5. The number of nitrogens with zero attached hydrogens (tertiary/aromatic N) is 5. The number of likely N-dealkylation sites (N-methyl/N-ethyl adjacent to an activating group) is 1. The lowest BCUT2D eigenvalue weighted by Crippen LogP contribution is -2.43. The molecule has 27 heavy (non-hydrogen) atoms. The number of likely N-dealkylation sites (tertiary alicyclic amines) is 1. The SMILES string of the molecule is CCOC1CN(C)CC1NC(=O)c1ccc(-c2cnc3nncn3c2)cc1. The number of nitrogens with one attached hydrogen (secondary N) is 1. The van der Waals surface area contributed by atoms with Gasteiger partial charge in [-0.05, 0) is 31.7 Å². The molecular formula is C19H22N6O2. The average molecular weight is 366 g/mol. The summed E-state index contributed by atoms with van der Waals surface area (Å²) in [4.78, 5) is 19.1. The first-order chi connectivity index (χ1) is 13.1. The number of amides is 1. The van der Waals surface area contributed by atoms with Crippen molar-refractivity contribution in [3.05, 3.63) is 48.5 Å². The molecule has 140 valence electrons. The Morgan fingerprint density at radius 2 is 2.07 bits per heavy atom. The van der Waals surface area contributed by atoms with Crippen LogP contribution in [0.25, 0.3) is 16.9 Å². The molecule has 0 radical (unpaired) electrons. The Kier molecular flexibility index (Phi) is 4.83. The van der Waals surface area contributed by atoms with Gasteiger partial charge in [-0.3, -0.25) is 9.20 Å². The van der Waals surface area contributed by atoms with E-state index in [2.05, 4.69) is 25.4 Å². The summed E-state index contributed by atoms with van der Waals surface area (Å²) in [6, 6.07) is 7.50. The summed E-state index contributed by atoms with van der Waals surface area (Å²) in [5, 5.41) is 10.8.